The summed E-state index contributed by atoms with van der Waals surface area (Å²) >= 11 is 0. The highest BCUT2D eigenvalue weighted by molar-refractivity contribution is 5.82. The summed E-state index contributed by atoms with van der Waals surface area (Å²) in [4.78, 5) is 2.32. The van der Waals surface area contributed by atoms with Gasteiger partial charge in [0.05, 0.1) is 17.6 Å². The summed E-state index contributed by atoms with van der Waals surface area (Å²) in [5.41, 5.74) is 5.37. The Morgan fingerprint density at radius 3 is 1.93 bits per heavy atom. The maximum absolute atomic E-state index is 9.13. The van der Waals surface area contributed by atoms with Gasteiger partial charge in [-0.3, -0.25) is 0 Å². The molecule has 4 nitrogen and oxygen atoms in total. The van der Waals surface area contributed by atoms with Crippen LogP contribution in [0.2, 0.25) is 0 Å². The van der Waals surface area contributed by atoms with Crippen molar-refractivity contribution in [2.45, 2.75) is 20.3 Å². The van der Waals surface area contributed by atoms with E-state index in [1.165, 1.54) is 5.69 Å². The van der Waals surface area contributed by atoms with E-state index in [0.717, 1.165) is 35.6 Å². The maximum Gasteiger partial charge on any atom is 0.0652 e. The molecule has 0 saturated carbocycles. The number of hydrogen-bond acceptors (Lipinski definition) is 4. The topological polar surface area (TPSA) is 39.1 Å². The van der Waals surface area contributed by atoms with Gasteiger partial charge in [-0.05, 0) is 67.8 Å². The number of para-hydroxylation sites is 1. The minimum absolute atomic E-state index is 0.156. The lowest BCUT2D eigenvalue weighted by Gasteiger charge is -2.21. The van der Waals surface area contributed by atoms with Crippen molar-refractivity contribution < 1.29 is 5.11 Å². The van der Waals surface area contributed by atoms with E-state index in [0.29, 0.717) is 6.42 Å². The first kappa shape index (κ1) is 20.6. The molecule has 4 heteroatoms. The van der Waals surface area contributed by atoms with Gasteiger partial charge >= 0.3 is 0 Å². The summed E-state index contributed by atoms with van der Waals surface area (Å²) in [6, 6.07) is 26.8. The molecule has 3 aromatic rings. The van der Waals surface area contributed by atoms with E-state index in [1.807, 2.05) is 65.8 Å². The molecule has 3 aromatic carbocycles. The number of hydrazone groups is 1. The molecule has 1 N–H and O–H groups in total. The number of rotatable bonds is 9. The lowest BCUT2D eigenvalue weighted by Crippen LogP contribution is -2.21. The molecule has 0 amide bonds. The molecule has 150 valence electrons. The lowest BCUT2D eigenvalue weighted by atomic mass is 10.1. The number of benzene rings is 3. The molecule has 0 fully saturated rings. The van der Waals surface area contributed by atoms with Crippen LogP contribution < -0.4 is 9.91 Å². The fourth-order valence-electron chi connectivity index (χ4n) is 3.27. The van der Waals surface area contributed by atoms with Crippen molar-refractivity contribution in [3.05, 3.63) is 90.0 Å². The van der Waals surface area contributed by atoms with Crippen LogP contribution in [0.4, 0.5) is 17.1 Å². The number of aliphatic hydroxyl groups is 1. The zero-order valence-corrected chi connectivity index (χ0v) is 17.2. The average Bonchev–Trinajstić information content (AvgIpc) is 2.78. The van der Waals surface area contributed by atoms with Crippen LogP contribution in [-0.2, 0) is 6.42 Å². The van der Waals surface area contributed by atoms with Gasteiger partial charge in [0.1, 0.15) is 0 Å². The largest absolute Gasteiger partial charge is 0.396 e. The van der Waals surface area contributed by atoms with Crippen molar-refractivity contribution in [2.75, 3.05) is 29.6 Å². The quantitative estimate of drug-likeness (QED) is 0.403. The van der Waals surface area contributed by atoms with Crippen LogP contribution in [0.3, 0.4) is 0 Å². The molecule has 3 rings (SSSR count). The summed E-state index contributed by atoms with van der Waals surface area (Å²) < 4.78 is 0. The molecule has 0 saturated heterocycles. The van der Waals surface area contributed by atoms with E-state index >= 15 is 0 Å². The number of aliphatic hydroxyl groups excluding tert-OH is 1. The predicted octanol–water partition coefficient (Wildman–Crippen LogP) is 5.24. The van der Waals surface area contributed by atoms with Gasteiger partial charge in [-0.15, -0.1) is 0 Å². The monoisotopic (exact) mass is 387 g/mol. The lowest BCUT2D eigenvalue weighted by molar-refractivity contribution is 0.299. The van der Waals surface area contributed by atoms with Crippen molar-refractivity contribution in [2.24, 2.45) is 5.10 Å². The zero-order valence-electron chi connectivity index (χ0n) is 17.2. The molecule has 0 radical (unpaired) electrons. The van der Waals surface area contributed by atoms with Crippen molar-refractivity contribution in [1.29, 1.82) is 0 Å². The van der Waals surface area contributed by atoms with Crippen LogP contribution in [0.1, 0.15) is 25.0 Å². The molecular formula is C25H29N3O. The van der Waals surface area contributed by atoms with Gasteiger partial charge in [0, 0.05) is 25.4 Å². The fourth-order valence-corrected chi connectivity index (χ4v) is 3.27. The maximum atomic E-state index is 9.13. The Balaban J connectivity index is 1.85. The summed E-state index contributed by atoms with van der Waals surface area (Å²) in [5.74, 6) is 0. The molecule has 29 heavy (non-hydrogen) atoms. The van der Waals surface area contributed by atoms with Crippen LogP contribution in [0.15, 0.2) is 84.0 Å². The Bertz CT molecular complexity index is 886. The fraction of sp³-hybridized carbons (Fsp3) is 0.240. The molecule has 0 bridgehead atoms. The Morgan fingerprint density at radius 2 is 1.34 bits per heavy atom. The van der Waals surface area contributed by atoms with Crippen LogP contribution >= 0.6 is 0 Å². The van der Waals surface area contributed by atoms with Gasteiger partial charge in [-0.25, -0.2) is 5.01 Å². The highest BCUT2D eigenvalue weighted by Crippen LogP contribution is 2.26. The number of anilines is 3. The van der Waals surface area contributed by atoms with Gasteiger partial charge in [-0.1, -0.05) is 42.5 Å². The molecule has 0 aliphatic carbocycles. The predicted molar refractivity (Wildman–Crippen MR) is 123 cm³/mol. The minimum Gasteiger partial charge on any atom is -0.396 e. The van der Waals surface area contributed by atoms with Crippen molar-refractivity contribution in [1.82, 2.24) is 0 Å². The van der Waals surface area contributed by atoms with Crippen molar-refractivity contribution >= 4 is 23.3 Å². The summed E-state index contributed by atoms with van der Waals surface area (Å²) in [5, 5.41) is 15.8. The molecule has 0 aliphatic rings. The highest BCUT2D eigenvalue weighted by atomic mass is 16.2. The van der Waals surface area contributed by atoms with E-state index in [2.05, 4.69) is 43.0 Å². The van der Waals surface area contributed by atoms with Crippen LogP contribution in [0.5, 0.6) is 0 Å². The molecule has 0 aromatic heterocycles. The van der Waals surface area contributed by atoms with Crippen LogP contribution in [0.25, 0.3) is 0 Å². The van der Waals surface area contributed by atoms with Crippen molar-refractivity contribution in [3.63, 3.8) is 0 Å². The van der Waals surface area contributed by atoms with Crippen LogP contribution in [0, 0.1) is 0 Å². The molecular weight excluding hydrogens is 358 g/mol. The summed E-state index contributed by atoms with van der Waals surface area (Å²) in [6.07, 6.45) is 2.55. The SMILES string of the molecule is CCN(CC)c1ccc(/C=N/N(c2ccccc2)c2ccc(CCO)cc2)cc1. The van der Waals surface area contributed by atoms with Gasteiger partial charge in [0.2, 0.25) is 0 Å². The summed E-state index contributed by atoms with van der Waals surface area (Å²) in [6.45, 7) is 6.49. The Morgan fingerprint density at radius 1 is 0.759 bits per heavy atom. The third-order valence-electron chi connectivity index (χ3n) is 4.93. The second-order valence-corrected chi connectivity index (χ2v) is 6.80. The second-order valence-electron chi connectivity index (χ2n) is 6.80. The van der Waals surface area contributed by atoms with Gasteiger partial charge in [-0.2, -0.15) is 5.10 Å². The number of hydrogen-bond donors (Lipinski definition) is 1. The first-order valence-corrected chi connectivity index (χ1v) is 10.2. The first-order valence-electron chi connectivity index (χ1n) is 10.2. The minimum atomic E-state index is 0.156. The van der Waals surface area contributed by atoms with Crippen molar-refractivity contribution in [3.8, 4) is 0 Å². The third kappa shape index (κ3) is 5.46. The molecule has 0 unspecified atom stereocenters. The van der Waals surface area contributed by atoms with E-state index in [4.69, 9.17) is 10.2 Å². The van der Waals surface area contributed by atoms with Gasteiger partial charge in [0.25, 0.3) is 0 Å². The summed E-state index contributed by atoms with van der Waals surface area (Å²) in [7, 11) is 0. The third-order valence-corrected chi connectivity index (χ3v) is 4.93. The Hall–Kier alpha value is -3.11. The van der Waals surface area contributed by atoms with E-state index in [9.17, 15) is 0 Å². The van der Waals surface area contributed by atoms with Gasteiger partial charge < -0.3 is 10.0 Å². The Labute approximate surface area is 173 Å². The molecule has 0 heterocycles. The second kappa shape index (κ2) is 10.4. The molecule has 0 spiro atoms. The highest BCUT2D eigenvalue weighted by Gasteiger charge is 2.08. The van der Waals surface area contributed by atoms with Crippen LogP contribution in [-0.4, -0.2) is 31.0 Å². The molecule has 0 aliphatic heterocycles. The smallest absolute Gasteiger partial charge is 0.0652 e. The number of nitrogens with zero attached hydrogens (tertiary/aromatic N) is 3. The zero-order chi connectivity index (χ0) is 20.5. The normalized spacial score (nSPS) is 11.0. The molecule has 0 atom stereocenters. The van der Waals surface area contributed by atoms with Gasteiger partial charge in [0.15, 0.2) is 0 Å². The standard InChI is InChI=1S/C25H29N3O/c1-3-27(4-2)23-14-12-22(13-15-23)20-26-28(24-8-6-5-7-9-24)25-16-10-21(11-17-25)18-19-29/h5-17,20,29H,3-4,18-19H2,1-2H3/b26-20+. The first-order chi connectivity index (χ1) is 14.2. The van der Waals surface area contributed by atoms with E-state index < -0.39 is 0 Å². The van der Waals surface area contributed by atoms with E-state index in [-0.39, 0.29) is 6.61 Å². The van der Waals surface area contributed by atoms with E-state index in [1.54, 1.807) is 0 Å². The Kier molecular flexibility index (Phi) is 7.42. The average molecular weight is 388 g/mol.